The third-order valence-corrected chi connectivity index (χ3v) is 6.73. The van der Waals surface area contributed by atoms with Gasteiger partial charge in [-0.05, 0) is 49.3 Å². The summed E-state index contributed by atoms with van der Waals surface area (Å²) < 4.78 is 0. The van der Waals surface area contributed by atoms with Crippen molar-refractivity contribution in [3.05, 3.63) is 78.4 Å². The van der Waals surface area contributed by atoms with Crippen LogP contribution in [0.4, 0.5) is 0 Å². The molecule has 0 aliphatic carbocycles. The lowest BCUT2D eigenvalue weighted by Gasteiger charge is -2.22. The van der Waals surface area contributed by atoms with Crippen LogP contribution >= 0.6 is 0 Å². The quantitative estimate of drug-likeness (QED) is 0.387. The van der Waals surface area contributed by atoms with Gasteiger partial charge in [-0.3, -0.25) is 4.79 Å². The first kappa shape index (κ1) is 20.2. The summed E-state index contributed by atoms with van der Waals surface area (Å²) in [5.74, 6) is 0.615. The Morgan fingerprint density at radius 1 is 1.12 bits per heavy atom. The summed E-state index contributed by atoms with van der Waals surface area (Å²) in [7, 11) is -0.609. The predicted molar refractivity (Wildman–Crippen MR) is 115 cm³/mol. The number of carbonyl (C=O) groups is 1. The summed E-state index contributed by atoms with van der Waals surface area (Å²) in [6.07, 6.45) is 6.31. The van der Waals surface area contributed by atoms with Gasteiger partial charge < -0.3 is 5.32 Å². The molecule has 2 aromatic carbocycles. The maximum Gasteiger partial charge on any atom is 0.251 e. The molecule has 2 rings (SSSR count). The SMILES string of the molecule is C=CCCCc1ccccc1[SiH2]C(CC(C)C)NC(=O)c1ccccc1. The summed E-state index contributed by atoms with van der Waals surface area (Å²) in [6, 6.07) is 18.3. The Morgan fingerprint density at radius 2 is 1.81 bits per heavy atom. The van der Waals surface area contributed by atoms with Crippen LogP contribution in [0.1, 0.15) is 49.0 Å². The Balaban J connectivity index is 2.10. The van der Waals surface area contributed by atoms with Gasteiger partial charge in [-0.25, -0.2) is 0 Å². The van der Waals surface area contributed by atoms with Crippen LogP contribution in [0.5, 0.6) is 0 Å². The Kier molecular flexibility index (Phi) is 8.36. The smallest absolute Gasteiger partial charge is 0.251 e. The van der Waals surface area contributed by atoms with Crippen LogP contribution in [0.25, 0.3) is 0 Å². The molecule has 0 spiro atoms. The van der Waals surface area contributed by atoms with Gasteiger partial charge in [0.2, 0.25) is 0 Å². The van der Waals surface area contributed by atoms with Crippen molar-refractivity contribution in [2.45, 2.75) is 45.2 Å². The lowest BCUT2D eigenvalue weighted by atomic mass is 10.1. The van der Waals surface area contributed by atoms with Crippen molar-refractivity contribution in [2.75, 3.05) is 0 Å². The molecule has 0 heterocycles. The van der Waals surface area contributed by atoms with E-state index in [1.165, 1.54) is 10.8 Å². The molecule has 1 amide bonds. The van der Waals surface area contributed by atoms with Crippen molar-refractivity contribution in [1.29, 1.82) is 0 Å². The topological polar surface area (TPSA) is 29.1 Å². The van der Waals surface area contributed by atoms with Gasteiger partial charge in [0, 0.05) is 11.2 Å². The molecule has 26 heavy (non-hydrogen) atoms. The maximum atomic E-state index is 12.6. The Morgan fingerprint density at radius 3 is 2.50 bits per heavy atom. The normalized spacial score (nSPS) is 12.4. The Labute approximate surface area is 160 Å². The van der Waals surface area contributed by atoms with E-state index in [4.69, 9.17) is 0 Å². The van der Waals surface area contributed by atoms with E-state index < -0.39 is 9.52 Å². The highest BCUT2D eigenvalue weighted by molar-refractivity contribution is 6.56. The summed E-state index contributed by atoms with van der Waals surface area (Å²) in [6.45, 7) is 8.27. The first-order valence-electron chi connectivity index (χ1n) is 9.63. The minimum absolute atomic E-state index is 0.0490. The minimum Gasteiger partial charge on any atom is -0.352 e. The van der Waals surface area contributed by atoms with Crippen molar-refractivity contribution in [2.24, 2.45) is 5.92 Å². The van der Waals surface area contributed by atoms with Crippen molar-refractivity contribution in [3.63, 3.8) is 0 Å². The fourth-order valence-electron chi connectivity index (χ4n) is 3.32. The van der Waals surface area contributed by atoms with Gasteiger partial charge in [-0.15, -0.1) is 6.58 Å². The molecule has 3 heteroatoms. The second-order valence-electron chi connectivity index (χ2n) is 7.32. The van der Waals surface area contributed by atoms with Crippen molar-refractivity contribution in [3.8, 4) is 0 Å². The number of unbranched alkanes of at least 4 members (excludes halogenated alkanes) is 1. The van der Waals surface area contributed by atoms with Crippen LogP contribution in [0.3, 0.4) is 0 Å². The molecule has 1 unspecified atom stereocenters. The van der Waals surface area contributed by atoms with E-state index in [0.29, 0.717) is 5.92 Å². The lowest BCUT2D eigenvalue weighted by molar-refractivity contribution is 0.0945. The zero-order chi connectivity index (χ0) is 18.8. The van der Waals surface area contributed by atoms with Gasteiger partial charge in [0.15, 0.2) is 0 Å². The zero-order valence-corrected chi connectivity index (χ0v) is 17.5. The Hall–Kier alpha value is -2.13. The van der Waals surface area contributed by atoms with E-state index in [9.17, 15) is 4.79 Å². The molecule has 0 saturated heterocycles. The van der Waals surface area contributed by atoms with Crippen molar-refractivity contribution >= 4 is 20.6 Å². The first-order valence-corrected chi connectivity index (χ1v) is 11.2. The van der Waals surface area contributed by atoms with Crippen LogP contribution < -0.4 is 10.5 Å². The predicted octanol–water partition coefficient (Wildman–Crippen LogP) is 3.79. The molecule has 0 bridgehead atoms. The van der Waals surface area contributed by atoms with Crippen LogP contribution in [-0.2, 0) is 6.42 Å². The van der Waals surface area contributed by atoms with Crippen LogP contribution in [-0.4, -0.2) is 21.1 Å². The molecule has 0 saturated carbocycles. The number of amides is 1. The number of hydrogen-bond donors (Lipinski definition) is 1. The molecular weight excluding hydrogens is 334 g/mol. The molecule has 0 fully saturated rings. The molecule has 1 atom stereocenters. The molecule has 0 radical (unpaired) electrons. The third kappa shape index (κ3) is 6.64. The van der Waals surface area contributed by atoms with Crippen LogP contribution in [0.2, 0.25) is 0 Å². The van der Waals surface area contributed by atoms with Gasteiger partial charge in [-0.1, -0.05) is 67.6 Å². The van der Waals surface area contributed by atoms with Crippen LogP contribution in [0.15, 0.2) is 67.3 Å². The zero-order valence-electron chi connectivity index (χ0n) is 16.1. The van der Waals surface area contributed by atoms with E-state index in [2.05, 4.69) is 50.0 Å². The van der Waals surface area contributed by atoms with Crippen molar-refractivity contribution in [1.82, 2.24) is 5.32 Å². The molecule has 2 nitrogen and oxygen atoms in total. The highest BCUT2D eigenvalue weighted by Gasteiger charge is 2.17. The van der Waals surface area contributed by atoms with E-state index in [1.54, 1.807) is 0 Å². The minimum atomic E-state index is -0.609. The molecule has 0 aromatic heterocycles. The first-order chi connectivity index (χ1) is 12.6. The summed E-state index contributed by atoms with van der Waals surface area (Å²) >= 11 is 0. The fraction of sp³-hybridized carbons (Fsp3) is 0.348. The second kappa shape index (κ2) is 10.8. The number of rotatable bonds is 10. The van der Waals surface area contributed by atoms with Crippen LogP contribution in [0, 0.1) is 5.92 Å². The summed E-state index contributed by atoms with van der Waals surface area (Å²) in [5.41, 5.74) is 2.47. The summed E-state index contributed by atoms with van der Waals surface area (Å²) in [5, 5.41) is 4.80. The number of nitrogens with one attached hydrogen (secondary N) is 1. The average molecular weight is 366 g/mol. The lowest BCUT2D eigenvalue weighted by Crippen LogP contribution is -2.45. The van der Waals surface area contributed by atoms with Gasteiger partial charge >= 0.3 is 0 Å². The Bertz CT molecular complexity index is 696. The fourth-order valence-corrected chi connectivity index (χ4v) is 5.80. The number of hydrogen-bond acceptors (Lipinski definition) is 1. The van der Waals surface area contributed by atoms with Gasteiger partial charge in [-0.2, -0.15) is 0 Å². The maximum absolute atomic E-state index is 12.6. The molecule has 138 valence electrons. The van der Waals surface area contributed by atoms with Crippen molar-refractivity contribution < 1.29 is 4.79 Å². The summed E-state index contributed by atoms with van der Waals surface area (Å²) in [4.78, 5) is 12.6. The average Bonchev–Trinajstić information content (AvgIpc) is 2.63. The molecule has 0 aliphatic heterocycles. The second-order valence-corrected chi connectivity index (χ2v) is 9.48. The number of aryl methyl sites for hydroxylation is 1. The van der Waals surface area contributed by atoms with Gasteiger partial charge in [0.25, 0.3) is 5.91 Å². The molecule has 1 N–H and O–H groups in total. The van der Waals surface area contributed by atoms with E-state index >= 15 is 0 Å². The monoisotopic (exact) mass is 365 g/mol. The largest absolute Gasteiger partial charge is 0.352 e. The molecule has 0 aliphatic rings. The third-order valence-electron chi connectivity index (χ3n) is 4.57. The number of carbonyl (C=O) groups excluding carboxylic acids is 1. The van der Waals surface area contributed by atoms with Gasteiger partial charge in [0.1, 0.15) is 0 Å². The number of benzene rings is 2. The standard InChI is InChI=1S/C23H31NOSi/c1-4-5-7-12-19-13-10-11-16-21(19)26-22(17-18(2)3)24-23(25)20-14-8-6-9-15-20/h4,6,8-11,13-16,18,22H,1,5,7,12,17,26H2,2-3H3,(H,24,25). The van der Waals surface area contributed by atoms with E-state index in [-0.39, 0.29) is 11.6 Å². The molecular formula is C23H31NOSi. The van der Waals surface area contributed by atoms with E-state index in [1.807, 2.05) is 36.4 Å². The highest BCUT2D eigenvalue weighted by atomic mass is 28.2. The molecule has 2 aromatic rings. The van der Waals surface area contributed by atoms with E-state index in [0.717, 1.165) is 31.2 Å². The van der Waals surface area contributed by atoms with Gasteiger partial charge in [0.05, 0.1) is 9.52 Å². The number of allylic oxidation sites excluding steroid dienone is 1. The highest BCUT2D eigenvalue weighted by Crippen LogP contribution is 2.09.